The normalized spacial score (nSPS) is 10.6. The van der Waals surface area contributed by atoms with Gasteiger partial charge in [-0.15, -0.1) is 0 Å². The predicted molar refractivity (Wildman–Crippen MR) is 96.4 cm³/mol. The van der Waals surface area contributed by atoms with E-state index in [2.05, 4.69) is 0 Å². The molecule has 0 atom stereocenters. The molecule has 0 heterocycles. The van der Waals surface area contributed by atoms with Gasteiger partial charge in [-0.3, -0.25) is 0 Å². The van der Waals surface area contributed by atoms with Crippen molar-refractivity contribution in [3.63, 3.8) is 0 Å². The molecule has 25 heavy (non-hydrogen) atoms. The van der Waals surface area contributed by atoms with Crippen LogP contribution in [0.1, 0.15) is 10.4 Å². The molecule has 6 nitrogen and oxygen atoms in total. The summed E-state index contributed by atoms with van der Waals surface area (Å²) in [5.74, 6) is -1.24. The molecule has 6 heteroatoms. The van der Waals surface area contributed by atoms with E-state index >= 15 is 0 Å². The molecular weight excluding hydrogens is 320 g/mol. The van der Waals surface area contributed by atoms with Crippen LogP contribution in [-0.4, -0.2) is 21.3 Å². The summed E-state index contributed by atoms with van der Waals surface area (Å²) in [4.78, 5) is 11.5. The number of phenolic OH excluding ortho intramolecular Hbond substituents is 2. The molecule has 0 radical (unpaired) electrons. The average molecular weight is 336 g/mol. The van der Waals surface area contributed by atoms with Crippen molar-refractivity contribution < 1.29 is 20.1 Å². The highest BCUT2D eigenvalue weighted by Crippen LogP contribution is 2.34. The molecule has 0 saturated heterocycles. The van der Waals surface area contributed by atoms with Crippen molar-refractivity contribution in [2.75, 3.05) is 11.5 Å². The summed E-state index contributed by atoms with van der Waals surface area (Å²) in [6, 6.07) is 14.2. The monoisotopic (exact) mass is 336 g/mol. The van der Waals surface area contributed by atoms with Crippen molar-refractivity contribution in [1.29, 1.82) is 0 Å². The molecule has 0 bridgehead atoms. The predicted octanol–water partition coefficient (Wildman–Crippen LogP) is 3.29. The van der Waals surface area contributed by atoms with E-state index in [4.69, 9.17) is 11.5 Å². The standard InChI is InChI=1S/C19H16N2O4/c20-15-3-1-10(8-17(15)22)12-5-13(7-14(6-12)19(24)25)11-2-4-16(21)18(23)9-11/h1-9,22-23H,20-21H2,(H,24,25). The number of nitrogen functional groups attached to an aromatic ring is 2. The number of phenols is 2. The third-order valence-corrected chi connectivity index (χ3v) is 3.91. The number of benzene rings is 3. The lowest BCUT2D eigenvalue weighted by Crippen LogP contribution is -1.98. The van der Waals surface area contributed by atoms with Gasteiger partial charge in [0.25, 0.3) is 0 Å². The van der Waals surface area contributed by atoms with Gasteiger partial charge < -0.3 is 26.8 Å². The Hall–Kier alpha value is -3.67. The van der Waals surface area contributed by atoms with Crippen LogP contribution in [-0.2, 0) is 0 Å². The number of aromatic hydroxyl groups is 2. The Morgan fingerprint density at radius 1 is 0.680 bits per heavy atom. The lowest BCUT2D eigenvalue weighted by atomic mass is 9.95. The summed E-state index contributed by atoms with van der Waals surface area (Å²) in [6.07, 6.45) is 0. The molecule has 3 aromatic carbocycles. The zero-order valence-corrected chi connectivity index (χ0v) is 13.1. The number of rotatable bonds is 3. The second kappa shape index (κ2) is 6.09. The van der Waals surface area contributed by atoms with E-state index in [-0.39, 0.29) is 28.4 Å². The third kappa shape index (κ3) is 3.18. The topological polar surface area (TPSA) is 130 Å². The molecule has 0 amide bonds. The largest absolute Gasteiger partial charge is 0.506 e. The first-order valence-corrected chi connectivity index (χ1v) is 7.41. The minimum Gasteiger partial charge on any atom is -0.506 e. The Labute approximate surface area is 143 Å². The van der Waals surface area contributed by atoms with Crippen LogP contribution in [0.2, 0.25) is 0 Å². The Kier molecular flexibility index (Phi) is 3.94. The lowest BCUT2D eigenvalue weighted by molar-refractivity contribution is 0.0697. The number of carboxylic acid groups (broad SMARTS) is 1. The zero-order valence-electron chi connectivity index (χ0n) is 13.1. The van der Waals surface area contributed by atoms with Gasteiger partial charge in [-0.25, -0.2) is 4.79 Å². The van der Waals surface area contributed by atoms with Crippen LogP contribution in [0.5, 0.6) is 11.5 Å². The molecule has 0 aliphatic heterocycles. The van der Waals surface area contributed by atoms with Gasteiger partial charge in [-0.1, -0.05) is 12.1 Å². The molecule has 0 aliphatic rings. The fraction of sp³-hybridized carbons (Fsp3) is 0. The van der Waals surface area contributed by atoms with E-state index in [0.717, 1.165) is 0 Å². The summed E-state index contributed by atoms with van der Waals surface area (Å²) >= 11 is 0. The molecule has 0 fully saturated rings. The Morgan fingerprint density at radius 3 is 1.48 bits per heavy atom. The quantitative estimate of drug-likeness (QED) is 0.368. The van der Waals surface area contributed by atoms with Gasteiger partial charge in [0.2, 0.25) is 0 Å². The van der Waals surface area contributed by atoms with E-state index in [1.165, 1.54) is 24.3 Å². The molecule has 0 aromatic heterocycles. The maximum Gasteiger partial charge on any atom is 0.335 e. The van der Waals surface area contributed by atoms with Crippen molar-refractivity contribution in [3.8, 4) is 33.8 Å². The van der Waals surface area contributed by atoms with Gasteiger partial charge >= 0.3 is 5.97 Å². The Bertz CT molecular complexity index is 913. The smallest absolute Gasteiger partial charge is 0.335 e. The maximum atomic E-state index is 11.5. The van der Waals surface area contributed by atoms with Crippen molar-refractivity contribution in [2.24, 2.45) is 0 Å². The molecular formula is C19H16N2O4. The molecule has 0 saturated carbocycles. The average Bonchev–Trinajstić information content (AvgIpc) is 2.59. The zero-order chi connectivity index (χ0) is 18.1. The number of hydrogen-bond donors (Lipinski definition) is 5. The second-order valence-electron chi connectivity index (χ2n) is 5.65. The van der Waals surface area contributed by atoms with Crippen LogP contribution in [0, 0.1) is 0 Å². The van der Waals surface area contributed by atoms with Crippen LogP contribution in [0.4, 0.5) is 11.4 Å². The molecule has 0 unspecified atom stereocenters. The minimum atomic E-state index is -1.08. The highest BCUT2D eigenvalue weighted by Gasteiger charge is 2.12. The number of anilines is 2. The summed E-state index contributed by atoms with van der Waals surface area (Å²) in [6.45, 7) is 0. The molecule has 0 spiro atoms. The summed E-state index contributed by atoms with van der Waals surface area (Å²) < 4.78 is 0. The molecule has 126 valence electrons. The first kappa shape index (κ1) is 16.2. The highest BCUT2D eigenvalue weighted by atomic mass is 16.4. The van der Waals surface area contributed by atoms with Crippen LogP contribution >= 0.6 is 0 Å². The minimum absolute atomic E-state index is 0.0788. The van der Waals surface area contributed by atoms with E-state index < -0.39 is 5.97 Å². The van der Waals surface area contributed by atoms with Crippen LogP contribution in [0.25, 0.3) is 22.3 Å². The van der Waals surface area contributed by atoms with Gasteiger partial charge in [0.05, 0.1) is 16.9 Å². The van der Waals surface area contributed by atoms with Crippen molar-refractivity contribution >= 4 is 17.3 Å². The highest BCUT2D eigenvalue weighted by molar-refractivity contribution is 5.92. The summed E-state index contributed by atoms with van der Waals surface area (Å²) in [5, 5.41) is 29.0. The van der Waals surface area contributed by atoms with Gasteiger partial charge in [0.15, 0.2) is 0 Å². The van der Waals surface area contributed by atoms with Crippen molar-refractivity contribution in [3.05, 3.63) is 60.2 Å². The summed E-state index contributed by atoms with van der Waals surface area (Å²) in [7, 11) is 0. The van der Waals surface area contributed by atoms with Gasteiger partial charge in [-0.05, 0) is 64.7 Å². The van der Waals surface area contributed by atoms with Crippen LogP contribution in [0.15, 0.2) is 54.6 Å². The lowest BCUT2D eigenvalue weighted by Gasteiger charge is -2.10. The summed E-state index contributed by atoms with van der Waals surface area (Å²) in [5.41, 5.74) is 14.2. The van der Waals surface area contributed by atoms with Crippen molar-refractivity contribution in [1.82, 2.24) is 0 Å². The van der Waals surface area contributed by atoms with E-state index in [1.54, 1.807) is 30.3 Å². The molecule has 3 aromatic rings. The molecule has 7 N–H and O–H groups in total. The van der Waals surface area contributed by atoms with Crippen molar-refractivity contribution in [2.45, 2.75) is 0 Å². The molecule has 0 aliphatic carbocycles. The van der Waals surface area contributed by atoms with Gasteiger partial charge in [0, 0.05) is 0 Å². The Morgan fingerprint density at radius 2 is 1.12 bits per heavy atom. The first-order valence-electron chi connectivity index (χ1n) is 7.41. The number of nitrogens with two attached hydrogens (primary N) is 2. The maximum absolute atomic E-state index is 11.5. The van der Waals surface area contributed by atoms with E-state index in [0.29, 0.717) is 22.3 Å². The van der Waals surface area contributed by atoms with Crippen LogP contribution < -0.4 is 11.5 Å². The molecule has 3 rings (SSSR count). The first-order chi connectivity index (χ1) is 11.8. The Balaban J connectivity index is 2.19. The number of aromatic carboxylic acids is 1. The van der Waals surface area contributed by atoms with Gasteiger partial charge in [0.1, 0.15) is 11.5 Å². The van der Waals surface area contributed by atoms with E-state index in [1.807, 2.05) is 0 Å². The number of carboxylic acids is 1. The SMILES string of the molecule is Nc1ccc(-c2cc(C(=O)O)cc(-c3ccc(N)c(O)c3)c2)cc1O. The fourth-order valence-corrected chi connectivity index (χ4v) is 2.53. The van der Waals surface area contributed by atoms with Gasteiger partial charge in [-0.2, -0.15) is 0 Å². The number of hydrogen-bond acceptors (Lipinski definition) is 5. The fourth-order valence-electron chi connectivity index (χ4n) is 2.53. The number of carbonyl (C=O) groups is 1. The second-order valence-corrected chi connectivity index (χ2v) is 5.65. The van der Waals surface area contributed by atoms with Crippen LogP contribution in [0.3, 0.4) is 0 Å². The van der Waals surface area contributed by atoms with E-state index in [9.17, 15) is 20.1 Å². The third-order valence-electron chi connectivity index (χ3n) is 3.91.